The van der Waals surface area contributed by atoms with Gasteiger partial charge in [-0.2, -0.15) is 0 Å². The number of carbonyl (C=O) groups is 2. The summed E-state index contributed by atoms with van der Waals surface area (Å²) in [5.74, 6) is 0.257. The molecular weight excluding hydrogens is 284 g/mol. The van der Waals surface area contributed by atoms with Crippen LogP contribution < -0.4 is 10.9 Å². The number of benzene rings is 1. The number of allylic oxidation sites excluding steroid dienone is 2. The summed E-state index contributed by atoms with van der Waals surface area (Å²) in [4.78, 5) is 24.4. The van der Waals surface area contributed by atoms with Crippen molar-refractivity contribution in [1.82, 2.24) is 10.9 Å². The Labute approximate surface area is 129 Å². The summed E-state index contributed by atoms with van der Waals surface area (Å²) in [6.07, 6.45) is 6.65. The van der Waals surface area contributed by atoms with E-state index in [-0.39, 0.29) is 17.6 Å². The lowest BCUT2D eigenvalue weighted by molar-refractivity contribution is -0.128. The first-order valence-corrected chi connectivity index (χ1v) is 8.06. The van der Waals surface area contributed by atoms with E-state index in [4.69, 9.17) is 0 Å². The quantitative estimate of drug-likeness (QED) is 0.499. The molecule has 0 saturated heterocycles. The van der Waals surface area contributed by atoms with Crippen LogP contribution in [0.3, 0.4) is 0 Å². The smallest absolute Gasteiger partial charge is 0.248 e. The summed E-state index contributed by atoms with van der Waals surface area (Å²) in [5.41, 5.74) is 6.12. The Morgan fingerprint density at radius 1 is 1.19 bits per heavy atom. The van der Waals surface area contributed by atoms with Crippen LogP contribution in [-0.4, -0.2) is 17.6 Å². The van der Waals surface area contributed by atoms with Crippen LogP contribution in [0.1, 0.15) is 24.8 Å². The van der Waals surface area contributed by atoms with Gasteiger partial charge in [-0.25, -0.2) is 0 Å². The third-order valence-corrected chi connectivity index (χ3v) is 4.30. The van der Waals surface area contributed by atoms with Crippen molar-refractivity contribution in [2.45, 2.75) is 31.1 Å². The van der Waals surface area contributed by atoms with Crippen LogP contribution >= 0.6 is 11.8 Å². The highest BCUT2D eigenvalue weighted by molar-refractivity contribution is 8.00. The van der Waals surface area contributed by atoms with Crippen molar-refractivity contribution in [2.24, 2.45) is 5.92 Å². The molecule has 0 aliphatic heterocycles. The van der Waals surface area contributed by atoms with E-state index >= 15 is 0 Å². The molecule has 0 unspecified atom stereocenters. The molecule has 1 aliphatic carbocycles. The minimum absolute atomic E-state index is 0.139. The van der Waals surface area contributed by atoms with Crippen molar-refractivity contribution in [3.63, 3.8) is 0 Å². The summed E-state index contributed by atoms with van der Waals surface area (Å²) in [7, 11) is 0. The van der Waals surface area contributed by atoms with Crippen molar-refractivity contribution >= 4 is 23.6 Å². The van der Waals surface area contributed by atoms with Gasteiger partial charge >= 0.3 is 0 Å². The molecule has 21 heavy (non-hydrogen) atoms. The van der Waals surface area contributed by atoms with Gasteiger partial charge in [0.25, 0.3) is 0 Å². The number of thioether (sulfide) groups is 1. The largest absolute Gasteiger partial charge is 0.273 e. The molecule has 1 aromatic carbocycles. The summed E-state index contributed by atoms with van der Waals surface area (Å²) in [6.45, 7) is 2.02. The zero-order chi connectivity index (χ0) is 15.1. The first-order valence-electron chi connectivity index (χ1n) is 7.07. The van der Waals surface area contributed by atoms with Crippen LogP contribution in [-0.2, 0) is 9.59 Å². The summed E-state index contributed by atoms with van der Waals surface area (Å²) in [5, 5.41) is 0. The number of hydrogen-bond acceptors (Lipinski definition) is 3. The third kappa shape index (κ3) is 5.63. The van der Waals surface area contributed by atoms with Crippen LogP contribution in [0.2, 0.25) is 0 Å². The minimum atomic E-state index is -0.198. The first-order chi connectivity index (χ1) is 10.1. The molecule has 1 aliphatic rings. The van der Waals surface area contributed by atoms with E-state index in [0.29, 0.717) is 12.3 Å². The van der Waals surface area contributed by atoms with Crippen LogP contribution in [0.15, 0.2) is 41.3 Å². The molecule has 0 bridgehead atoms. The average Bonchev–Trinajstić information content (AvgIpc) is 2.97. The minimum Gasteiger partial charge on any atom is -0.273 e. The van der Waals surface area contributed by atoms with Gasteiger partial charge in [-0.15, -0.1) is 11.8 Å². The van der Waals surface area contributed by atoms with Crippen LogP contribution in [0.4, 0.5) is 0 Å². The molecule has 0 saturated carbocycles. The lowest BCUT2D eigenvalue weighted by Crippen LogP contribution is -2.42. The number of carbonyl (C=O) groups excluding carboxylic acids is 2. The summed E-state index contributed by atoms with van der Waals surface area (Å²) >= 11 is 1.45. The van der Waals surface area contributed by atoms with E-state index in [2.05, 4.69) is 23.0 Å². The molecule has 5 heteroatoms. The third-order valence-electron chi connectivity index (χ3n) is 3.29. The Morgan fingerprint density at radius 3 is 2.57 bits per heavy atom. The molecule has 112 valence electrons. The van der Waals surface area contributed by atoms with Gasteiger partial charge < -0.3 is 0 Å². The maximum atomic E-state index is 11.7. The van der Waals surface area contributed by atoms with E-state index < -0.39 is 0 Å². The second-order valence-electron chi connectivity index (χ2n) is 5.17. The number of rotatable bonds is 5. The molecule has 2 amide bonds. The number of amides is 2. The van der Waals surface area contributed by atoms with Gasteiger partial charge in [-0.05, 0) is 37.8 Å². The highest BCUT2D eigenvalue weighted by Gasteiger charge is 2.14. The SMILES string of the molecule is Cc1ccc(SCC(=O)NNC(=O)C[C@H]2C=CCC2)cc1. The molecule has 4 nitrogen and oxygen atoms in total. The van der Waals surface area contributed by atoms with Gasteiger partial charge in [-0.3, -0.25) is 20.4 Å². The van der Waals surface area contributed by atoms with E-state index in [1.54, 1.807) is 0 Å². The predicted molar refractivity (Wildman–Crippen MR) is 84.7 cm³/mol. The molecule has 0 spiro atoms. The Kier molecular flexibility index (Phi) is 5.87. The van der Waals surface area contributed by atoms with Crippen molar-refractivity contribution in [3.8, 4) is 0 Å². The second kappa shape index (κ2) is 7.88. The van der Waals surface area contributed by atoms with E-state index in [1.165, 1.54) is 17.3 Å². The van der Waals surface area contributed by atoms with Crippen LogP contribution in [0.25, 0.3) is 0 Å². The topological polar surface area (TPSA) is 58.2 Å². The lowest BCUT2D eigenvalue weighted by Gasteiger charge is -2.09. The molecule has 0 aromatic heterocycles. The van der Waals surface area contributed by atoms with Crippen molar-refractivity contribution in [1.29, 1.82) is 0 Å². The molecule has 2 N–H and O–H groups in total. The summed E-state index contributed by atoms with van der Waals surface area (Å²) < 4.78 is 0. The highest BCUT2D eigenvalue weighted by Crippen LogP contribution is 2.20. The average molecular weight is 304 g/mol. The fourth-order valence-electron chi connectivity index (χ4n) is 2.11. The molecule has 2 rings (SSSR count). The number of aryl methyl sites for hydroxylation is 1. The van der Waals surface area contributed by atoms with Gasteiger partial charge in [0.1, 0.15) is 0 Å². The Bertz CT molecular complexity index is 526. The van der Waals surface area contributed by atoms with Crippen molar-refractivity contribution in [3.05, 3.63) is 42.0 Å². The zero-order valence-corrected chi connectivity index (χ0v) is 12.9. The molecule has 0 fully saturated rings. The number of hydrogen-bond donors (Lipinski definition) is 2. The Morgan fingerprint density at radius 2 is 1.90 bits per heavy atom. The van der Waals surface area contributed by atoms with Crippen molar-refractivity contribution < 1.29 is 9.59 Å². The number of nitrogens with one attached hydrogen (secondary N) is 2. The zero-order valence-electron chi connectivity index (χ0n) is 12.1. The van der Waals surface area contributed by atoms with Gasteiger partial charge in [0.2, 0.25) is 11.8 Å². The fraction of sp³-hybridized carbons (Fsp3) is 0.375. The van der Waals surface area contributed by atoms with E-state index in [1.807, 2.05) is 31.2 Å². The Hall–Kier alpha value is -1.75. The maximum Gasteiger partial charge on any atom is 0.248 e. The van der Waals surface area contributed by atoms with Crippen LogP contribution in [0, 0.1) is 12.8 Å². The lowest BCUT2D eigenvalue weighted by atomic mass is 10.1. The molecule has 0 radical (unpaired) electrons. The normalized spacial score (nSPS) is 16.7. The fourth-order valence-corrected chi connectivity index (χ4v) is 2.81. The molecule has 1 aromatic rings. The van der Waals surface area contributed by atoms with Crippen LogP contribution in [0.5, 0.6) is 0 Å². The van der Waals surface area contributed by atoms with Gasteiger partial charge in [0.15, 0.2) is 0 Å². The Balaban J connectivity index is 1.63. The molecule has 0 heterocycles. The number of hydrazine groups is 1. The summed E-state index contributed by atoms with van der Waals surface area (Å²) in [6, 6.07) is 7.99. The molecule has 1 atom stereocenters. The maximum absolute atomic E-state index is 11.7. The van der Waals surface area contributed by atoms with Crippen molar-refractivity contribution in [2.75, 3.05) is 5.75 Å². The standard InChI is InChI=1S/C16H20N2O2S/c1-12-6-8-14(9-7-12)21-11-16(20)18-17-15(19)10-13-4-2-3-5-13/h2,4,6-9,13H,3,5,10-11H2,1H3,(H,17,19)(H,18,20)/t13-/m0/s1. The second-order valence-corrected chi connectivity index (χ2v) is 6.22. The predicted octanol–water partition coefficient (Wildman–Crippen LogP) is 2.59. The van der Waals surface area contributed by atoms with Gasteiger partial charge in [0.05, 0.1) is 5.75 Å². The first kappa shape index (κ1) is 15.6. The highest BCUT2D eigenvalue weighted by atomic mass is 32.2. The molecular formula is C16H20N2O2S. The van der Waals surface area contributed by atoms with E-state index in [0.717, 1.165) is 17.7 Å². The van der Waals surface area contributed by atoms with E-state index in [9.17, 15) is 9.59 Å². The monoisotopic (exact) mass is 304 g/mol. The van der Waals surface area contributed by atoms with Gasteiger partial charge in [0, 0.05) is 11.3 Å². The van der Waals surface area contributed by atoms with Gasteiger partial charge in [-0.1, -0.05) is 29.8 Å².